The molecule has 0 unspecified atom stereocenters. The van der Waals surface area contributed by atoms with Crippen LogP contribution in [0.5, 0.6) is 11.5 Å². The number of hydrogen-bond acceptors (Lipinski definition) is 5. The van der Waals surface area contributed by atoms with Gasteiger partial charge in [-0.15, -0.1) is 0 Å². The maximum atomic E-state index is 13.8. The van der Waals surface area contributed by atoms with Crippen molar-refractivity contribution in [3.05, 3.63) is 94.7 Å². The minimum absolute atomic E-state index is 0.344. The van der Waals surface area contributed by atoms with Gasteiger partial charge in [0.15, 0.2) is 11.5 Å². The number of likely N-dealkylation sites (N-methyl/N-ethyl adjacent to an activating group) is 1. The molecule has 2 aliphatic rings. The molecule has 0 atom stereocenters. The van der Waals surface area contributed by atoms with Crippen molar-refractivity contribution >= 4 is 23.1 Å². The standard InChI is InChI=1S/C28H26N2O4/c1-18-9-11-22(19(2)15-18)25-26(29(3)17-20-7-5-4-6-8-20)28(32)30(27(25)31)21-10-12-23-24(16-21)34-14-13-33-23/h4-12,15-16H,13-14,17H2,1-3H3. The Kier molecular flexibility index (Phi) is 5.57. The van der Waals surface area contributed by atoms with Crippen molar-refractivity contribution in [1.29, 1.82) is 0 Å². The Balaban J connectivity index is 1.60. The first-order valence-corrected chi connectivity index (χ1v) is 11.3. The van der Waals surface area contributed by atoms with Crippen LogP contribution in [0.25, 0.3) is 5.57 Å². The van der Waals surface area contributed by atoms with E-state index in [2.05, 4.69) is 0 Å². The van der Waals surface area contributed by atoms with Crippen molar-refractivity contribution in [2.45, 2.75) is 20.4 Å². The van der Waals surface area contributed by atoms with Gasteiger partial charge in [-0.3, -0.25) is 9.59 Å². The molecule has 0 saturated heterocycles. The summed E-state index contributed by atoms with van der Waals surface area (Å²) in [5.74, 6) is 0.445. The fraction of sp³-hybridized carbons (Fsp3) is 0.214. The van der Waals surface area contributed by atoms with Gasteiger partial charge >= 0.3 is 0 Å². The molecule has 0 spiro atoms. The number of ether oxygens (including phenoxy) is 2. The van der Waals surface area contributed by atoms with Crippen LogP contribution >= 0.6 is 0 Å². The summed E-state index contributed by atoms with van der Waals surface area (Å²) >= 11 is 0. The van der Waals surface area contributed by atoms with Gasteiger partial charge in [-0.1, -0.05) is 54.1 Å². The number of anilines is 1. The zero-order chi connectivity index (χ0) is 23.8. The summed E-state index contributed by atoms with van der Waals surface area (Å²) in [5, 5.41) is 0. The Hall–Kier alpha value is -4.06. The molecule has 0 saturated carbocycles. The fourth-order valence-corrected chi connectivity index (χ4v) is 4.55. The molecule has 2 aliphatic heterocycles. The third-order valence-corrected chi connectivity index (χ3v) is 6.14. The average molecular weight is 455 g/mol. The predicted molar refractivity (Wildman–Crippen MR) is 131 cm³/mol. The molecule has 5 rings (SSSR count). The molecule has 0 radical (unpaired) electrons. The molecule has 172 valence electrons. The SMILES string of the molecule is Cc1ccc(C2=C(N(C)Cc3ccccc3)C(=O)N(c3ccc4c(c3)OCCO4)C2=O)c(C)c1. The molecule has 2 amide bonds. The molecule has 6 heteroatoms. The van der Waals surface area contributed by atoms with Gasteiger partial charge in [-0.2, -0.15) is 0 Å². The summed E-state index contributed by atoms with van der Waals surface area (Å²) in [6.45, 7) is 5.38. The molecule has 0 N–H and O–H groups in total. The van der Waals surface area contributed by atoms with Crippen LogP contribution in [0.4, 0.5) is 5.69 Å². The highest BCUT2D eigenvalue weighted by Crippen LogP contribution is 2.40. The van der Waals surface area contributed by atoms with Crippen LogP contribution in [0, 0.1) is 13.8 Å². The van der Waals surface area contributed by atoms with E-state index in [0.717, 1.165) is 22.3 Å². The molecular formula is C28H26N2O4. The summed E-state index contributed by atoms with van der Waals surface area (Å²) < 4.78 is 11.3. The molecule has 34 heavy (non-hydrogen) atoms. The van der Waals surface area contributed by atoms with E-state index in [-0.39, 0.29) is 11.8 Å². The van der Waals surface area contributed by atoms with Crippen molar-refractivity contribution in [1.82, 2.24) is 4.90 Å². The van der Waals surface area contributed by atoms with Crippen molar-refractivity contribution in [3.8, 4) is 11.5 Å². The molecule has 0 fully saturated rings. The van der Waals surface area contributed by atoms with E-state index < -0.39 is 0 Å². The van der Waals surface area contributed by atoms with Crippen LogP contribution in [-0.2, 0) is 16.1 Å². The summed E-state index contributed by atoms with van der Waals surface area (Å²) in [5.41, 5.74) is 5.12. The number of amides is 2. The van der Waals surface area contributed by atoms with Gasteiger partial charge in [0.1, 0.15) is 18.9 Å². The van der Waals surface area contributed by atoms with Gasteiger partial charge < -0.3 is 14.4 Å². The zero-order valence-corrected chi connectivity index (χ0v) is 19.5. The largest absolute Gasteiger partial charge is 0.486 e. The lowest BCUT2D eigenvalue weighted by atomic mass is 9.97. The van der Waals surface area contributed by atoms with Gasteiger partial charge in [0.05, 0.1) is 11.3 Å². The molecule has 3 aromatic rings. The summed E-state index contributed by atoms with van der Waals surface area (Å²) in [4.78, 5) is 30.8. The van der Waals surface area contributed by atoms with Crippen LogP contribution in [0.3, 0.4) is 0 Å². The quantitative estimate of drug-likeness (QED) is 0.532. The second-order valence-corrected chi connectivity index (χ2v) is 8.66. The van der Waals surface area contributed by atoms with Crippen molar-refractivity contribution in [2.75, 3.05) is 25.2 Å². The fourth-order valence-electron chi connectivity index (χ4n) is 4.55. The second kappa shape index (κ2) is 8.71. The topological polar surface area (TPSA) is 59.1 Å². The Morgan fingerprint density at radius 1 is 0.853 bits per heavy atom. The minimum Gasteiger partial charge on any atom is -0.486 e. The monoisotopic (exact) mass is 454 g/mol. The number of aryl methyl sites for hydroxylation is 2. The smallest absolute Gasteiger partial charge is 0.282 e. The Morgan fingerprint density at radius 2 is 1.59 bits per heavy atom. The maximum Gasteiger partial charge on any atom is 0.282 e. The zero-order valence-electron chi connectivity index (χ0n) is 19.5. The normalized spacial score (nSPS) is 15.2. The Morgan fingerprint density at radius 3 is 2.32 bits per heavy atom. The highest BCUT2D eigenvalue weighted by molar-refractivity contribution is 6.45. The van der Waals surface area contributed by atoms with E-state index in [1.807, 2.05) is 74.3 Å². The molecule has 0 bridgehead atoms. The number of carbonyl (C=O) groups excluding carboxylic acids is 2. The lowest BCUT2D eigenvalue weighted by Crippen LogP contribution is -2.34. The predicted octanol–water partition coefficient (Wildman–Crippen LogP) is 4.49. The van der Waals surface area contributed by atoms with Gasteiger partial charge in [-0.05, 0) is 42.7 Å². The summed E-state index contributed by atoms with van der Waals surface area (Å²) in [6, 6.07) is 21.0. The number of imide groups is 1. The molecular weight excluding hydrogens is 428 g/mol. The van der Waals surface area contributed by atoms with Crippen molar-refractivity contribution in [2.24, 2.45) is 0 Å². The van der Waals surface area contributed by atoms with Crippen molar-refractivity contribution in [3.63, 3.8) is 0 Å². The van der Waals surface area contributed by atoms with Gasteiger partial charge in [0.2, 0.25) is 0 Å². The molecule has 3 aromatic carbocycles. The van der Waals surface area contributed by atoms with Crippen molar-refractivity contribution < 1.29 is 19.1 Å². The van der Waals surface area contributed by atoms with E-state index in [1.54, 1.807) is 18.2 Å². The number of hydrogen-bond donors (Lipinski definition) is 0. The number of carbonyl (C=O) groups is 2. The highest BCUT2D eigenvalue weighted by Gasteiger charge is 2.42. The first-order valence-electron chi connectivity index (χ1n) is 11.3. The van der Waals surface area contributed by atoms with E-state index in [0.29, 0.717) is 48.2 Å². The Labute approximate surface area is 199 Å². The summed E-state index contributed by atoms with van der Waals surface area (Å²) in [6.07, 6.45) is 0. The van der Waals surface area contributed by atoms with E-state index >= 15 is 0 Å². The van der Waals surface area contributed by atoms with Crippen LogP contribution in [0.2, 0.25) is 0 Å². The van der Waals surface area contributed by atoms with Crippen LogP contribution in [0.15, 0.2) is 72.4 Å². The number of rotatable bonds is 5. The minimum atomic E-state index is -0.352. The average Bonchev–Trinajstić information content (AvgIpc) is 3.09. The number of nitrogens with zero attached hydrogens (tertiary/aromatic N) is 2. The molecule has 2 heterocycles. The lowest BCUT2D eigenvalue weighted by Gasteiger charge is -2.23. The van der Waals surface area contributed by atoms with Crippen LogP contribution in [0.1, 0.15) is 22.3 Å². The first kappa shape index (κ1) is 21.8. The molecule has 0 aromatic heterocycles. The number of fused-ring (bicyclic) bond motifs is 1. The van der Waals surface area contributed by atoms with E-state index in [4.69, 9.17) is 9.47 Å². The Bertz CT molecular complexity index is 1310. The third-order valence-electron chi connectivity index (χ3n) is 6.14. The number of benzene rings is 3. The van der Waals surface area contributed by atoms with E-state index in [1.165, 1.54) is 4.90 Å². The highest BCUT2D eigenvalue weighted by atomic mass is 16.6. The van der Waals surface area contributed by atoms with Gasteiger partial charge in [0.25, 0.3) is 11.8 Å². The molecule has 6 nitrogen and oxygen atoms in total. The third kappa shape index (κ3) is 3.81. The van der Waals surface area contributed by atoms with Gasteiger partial charge in [-0.25, -0.2) is 4.90 Å². The van der Waals surface area contributed by atoms with Gasteiger partial charge in [0, 0.05) is 19.7 Å². The van der Waals surface area contributed by atoms with E-state index in [9.17, 15) is 9.59 Å². The first-order chi connectivity index (χ1) is 16.4. The molecule has 0 aliphatic carbocycles. The maximum absolute atomic E-state index is 13.8. The second-order valence-electron chi connectivity index (χ2n) is 8.66. The lowest BCUT2D eigenvalue weighted by molar-refractivity contribution is -0.120. The summed E-state index contributed by atoms with van der Waals surface area (Å²) in [7, 11) is 1.85. The van der Waals surface area contributed by atoms with Crippen LogP contribution < -0.4 is 14.4 Å². The van der Waals surface area contributed by atoms with Crippen LogP contribution in [-0.4, -0.2) is 37.0 Å².